The average molecular weight is 384 g/mol. The van der Waals surface area contributed by atoms with Crippen molar-refractivity contribution in [2.24, 2.45) is 0 Å². The zero-order valence-electron chi connectivity index (χ0n) is 14.9. The highest BCUT2D eigenvalue weighted by Crippen LogP contribution is 2.41. The van der Waals surface area contributed by atoms with E-state index in [2.05, 4.69) is 10.3 Å². The number of aromatic nitrogens is 2. The van der Waals surface area contributed by atoms with Gasteiger partial charge in [-0.2, -0.15) is 0 Å². The van der Waals surface area contributed by atoms with Gasteiger partial charge in [-0.15, -0.1) is 0 Å². The van der Waals surface area contributed by atoms with Gasteiger partial charge in [-0.25, -0.2) is 4.98 Å². The molecule has 2 aromatic carbocycles. The number of carbonyl (C=O) groups is 1. The molecule has 1 aliphatic rings. The van der Waals surface area contributed by atoms with Gasteiger partial charge < -0.3 is 14.8 Å². The Bertz CT molecular complexity index is 1020. The molecule has 4 rings (SSSR count). The van der Waals surface area contributed by atoms with E-state index in [1.54, 1.807) is 26.6 Å². The Morgan fingerprint density at radius 3 is 2.74 bits per heavy atom. The van der Waals surface area contributed by atoms with E-state index in [0.29, 0.717) is 28.8 Å². The number of hydrogen-bond donors (Lipinski definition) is 1. The molecule has 1 aliphatic heterocycles. The van der Waals surface area contributed by atoms with Crippen LogP contribution in [0.3, 0.4) is 0 Å². The first-order valence-corrected chi connectivity index (χ1v) is 8.84. The topological polar surface area (TPSA) is 65.4 Å². The molecule has 0 saturated heterocycles. The number of rotatable bonds is 4. The highest BCUT2D eigenvalue weighted by molar-refractivity contribution is 6.31. The highest BCUT2D eigenvalue weighted by atomic mass is 35.5. The number of imidazole rings is 1. The van der Waals surface area contributed by atoms with Crippen LogP contribution in [0.4, 0.5) is 5.82 Å². The second kappa shape index (κ2) is 6.96. The molecule has 0 unspecified atom stereocenters. The monoisotopic (exact) mass is 383 g/mol. The lowest BCUT2D eigenvalue weighted by Gasteiger charge is -2.24. The Morgan fingerprint density at radius 1 is 1.19 bits per heavy atom. The Balaban J connectivity index is 1.84. The molecule has 0 aliphatic carbocycles. The van der Waals surface area contributed by atoms with Crippen molar-refractivity contribution in [3.05, 3.63) is 65.1 Å². The summed E-state index contributed by atoms with van der Waals surface area (Å²) < 4.78 is 12.6. The molecule has 0 fully saturated rings. The van der Waals surface area contributed by atoms with E-state index in [-0.39, 0.29) is 11.8 Å². The lowest BCUT2D eigenvalue weighted by atomic mass is 9.90. The summed E-state index contributed by atoms with van der Waals surface area (Å²) in [5, 5.41) is 3.56. The molecule has 2 heterocycles. The number of fused-ring (bicyclic) bond motifs is 1. The number of benzene rings is 2. The molecule has 0 bridgehead atoms. The summed E-state index contributed by atoms with van der Waals surface area (Å²) in [5.74, 6) is 1.64. The standard InChI is InChI=1S/C20H18ClN3O3/c1-26-12-7-8-16(17(9-12)27-2)24-11-22-19-14(10-18(25)23-20(19)24)13-5-3-4-6-15(13)21/h3-9,11,14H,10H2,1-2H3,(H,23,25)/t14-/m0/s1. The van der Waals surface area contributed by atoms with Crippen LogP contribution in [0.15, 0.2) is 48.8 Å². The van der Waals surface area contributed by atoms with Gasteiger partial charge in [0.25, 0.3) is 0 Å². The molecule has 0 saturated carbocycles. The zero-order chi connectivity index (χ0) is 19.0. The van der Waals surface area contributed by atoms with Crippen molar-refractivity contribution in [2.45, 2.75) is 12.3 Å². The number of methoxy groups -OCH3 is 2. The third-order valence-electron chi connectivity index (χ3n) is 4.70. The van der Waals surface area contributed by atoms with Crippen LogP contribution >= 0.6 is 11.6 Å². The largest absolute Gasteiger partial charge is 0.497 e. The fourth-order valence-corrected chi connectivity index (χ4v) is 3.66. The molecule has 0 spiro atoms. The minimum absolute atomic E-state index is 0.0818. The maximum absolute atomic E-state index is 12.4. The Labute approximate surface area is 161 Å². The van der Waals surface area contributed by atoms with Crippen molar-refractivity contribution in [2.75, 3.05) is 19.5 Å². The lowest BCUT2D eigenvalue weighted by molar-refractivity contribution is -0.116. The molecule has 1 amide bonds. The number of halogens is 1. The second-order valence-corrected chi connectivity index (χ2v) is 6.62. The Hall–Kier alpha value is -2.99. The fourth-order valence-electron chi connectivity index (χ4n) is 3.39. The van der Waals surface area contributed by atoms with Crippen LogP contribution in [0.25, 0.3) is 5.69 Å². The van der Waals surface area contributed by atoms with Gasteiger partial charge in [0.05, 0.1) is 25.6 Å². The summed E-state index contributed by atoms with van der Waals surface area (Å²) in [6.07, 6.45) is 1.98. The number of nitrogens with one attached hydrogen (secondary N) is 1. The van der Waals surface area contributed by atoms with E-state index in [4.69, 9.17) is 21.1 Å². The molecular formula is C20H18ClN3O3. The maximum Gasteiger partial charge on any atom is 0.226 e. The number of anilines is 1. The van der Waals surface area contributed by atoms with Gasteiger partial charge in [0, 0.05) is 23.4 Å². The predicted octanol–water partition coefficient (Wildman–Crippen LogP) is 4.02. The van der Waals surface area contributed by atoms with Gasteiger partial charge in [-0.3, -0.25) is 9.36 Å². The molecule has 27 heavy (non-hydrogen) atoms. The fraction of sp³-hybridized carbons (Fsp3) is 0.200. The van der Waals surface area contributed by atoms with E-state index in [0.717, 1.165) is 16.9 Å². The van der Waals surface area contributed by atoms with E-state index in [1.807, 2.05) is 41.0 Å². The van der Waals surface area contributed by atoms with Crippen LogP contribution in [0.5, 0.6) is 11.5 Å². The van der Waals surface area contributed by atoms with Crippen molar-refractivity contribution in [1.82, 2.24) is 9.55 Å². The molecule has 1 N–H and O–H groups in total. The smallest absolute Gasteiger partial charge is 0.226 e. The van der Waals surface area contributed by atoms with Crippen LogP contribution in [0.1, 0.15) is 23.6 Å². The van der Waals surface area contributed by atoms with Crippen LogP contribution in [0.2, 0.25) is 5.02 Å². The van der Waals surface area contributed by atoms with Crippen molar-refractivity contribution < 1.29 is 14.3 Å². The van der Waals surface area contributed by atoms with Crippen molar-refractivity contribution >= 4 is 23.3 Å². The first kappa shape index (κ1) is 17.4. The molecular weight excluding hydrogens is 366 g/mol. The normalized spacial score (nSPS) is 15.8. The number of ether oxygens (including phenoxy) is 2. The van der Waals surface area contributed by atoms with E-state index in [1.165, 1.54) is 0 Å². The minimum Gasteiger partial charge on any atom is -0.497 e. The summed E-state index contributed by atoms with van der Waals surface area (Å²) in [6, 6.07) is 13.0. The average Bonchev–Trinajstić information content (AvgIpc) is 3.10. The third kappa shape index (κ3) is 3.02. The van der Waals surface area contributed by atoms with Gasteiger partial charge in [-0.1, -0.05) is 29.8 Å². The highest BCUT2D eigenvalue weighted by Gasteiger charge is 2.32. The van der Waals surface area contributed by atoms with Gasteiger partial charge in [0.1, 0.15) is 23.6 Å². The van der Waals surface area contributed by atoms with Gasteiger partial charge in [0.15, 0.2) is 0 Å². The lowest BCUT2D eigenvalue weighted by Crippen LogP contribution is -2.25. The summed E-state index contributed by atoms with van der Waals surface area (Å²) in [5.41, 5.74) is 2.43. The number of hydrogen-bond acceptors (Lipinski definition) is 4. The zero-order valence-corrected chi connectivity index (χ0v) is 15.7. The molecule has 1 atom stereocenters. The molecule has 7 heteroatoms. The Morgan fingerprint density at radius 2 is 2.00 bits per heavy atom. The second-order valence-electron chi connectivity index (χ2n) is 6.21. The minimum atomic E-state index is -0.201. The van der Waals surface area contributed by atoms with Crippen LogP contribution in [0, 0.1) is 0 Å². The van der Waals surface area contributed by atoms with Crippen LogP contribution < -0.4 is 14.8 Å². The summed E-state index contributed by atoms with van der Waals surface area (Å²) >= 11 is 6.38. The molecule has 6 nitrogen and oxygen atoms in total. The van der Waals surface area contributed by atoms with E-state index < -0.39 is 0 Å². The number of carbonyl (C=O) groups excluding carboxylic acids is 1. The van der Waals surface area contributed by atoms with Gasteiger partial charge >= 0.3 is 0 Å². The summed E-state index contributed by atoms with van der Waals surface area (Å²) in [6.45, 7) is 0. The van der Waals surface area contributed by atoms with Crippen molar-refractivity contribution in [1.29, 1.82) is 0 Å². The molecule has 0 radical (unpaired) electrons. The number of nitrogens with zero attached hydrogens (tertiary/aromatic N) is 2. The first-order chi connectivity index (χ1) is 13.1. The van der Waals surface area contributed by atoms with E-state index >= 15 is 0 Å². The predicted molar refractivity (Wildman–Crippen MR) is 103 cm³/mol. The molecule has 138 valence electrons. The quantitative estimate of drug-likeness (QED) is 0.739. The molecule has 3 aromatic rings. The first-order valence-electron chi connectivity index (χ1n) is 8.46. The summed E-state index contributed by atoms with van der Waals surface area (Å²) in [4.78, 5) is 17.0. The van der Waals surface area contributed by atoms with Gasteiger partial charge in [0.2, 0.25) is 5.91 Å². The Kier molecular flexibility index (Phi) is 4.49. The van der Waals surface area contributed by atoms with Crippen LogP contribution in [-0.4, -0.2) is 29.7 Å². The third-order valence-corrected chi connectivity index (χ3v) is 5.04. The maximum atomic E-state index is 12.4. The van der Waals surface area contributed by atoms with Crippen LogP contribution in [-0.2, 0) is 4.79 Å². The SMILES string of the molecule is COc1ccc(-n2cnc3c2NC(=O)C[C@H]3c2ccccc2Cl)c(OC)c1. The number of amides is 1. The van der Waals surface area contributed by atoms with Gasteiger partial charge in [-0.05, 0) is 23.8 Å². The van der Waals surface area contributed by atoms with Crippen molar-refractivity contribution in [3.63, 3.8) is 0 Å². The van der Waals surface area contributed by atoms with E-state index in [9.17, 15) is 4.79 Å². The van der Waals surface area contributed by atoms with Crippen molar-refractivity contribution in [3.8, 4) is 17.2 Å². The summed E-state index contributed by atoms with van der Waals surface area (Å²) in [7, 11) is 3.19. The molecule has 1 aromatic heterocycles.